The van der Waals surface area contributed by atoms with Crippen molar-refractivity contribution in [3.63, 3.8) is 0 Å². The average molecular weight is 470 g/mol. The number of halogens is 1. The van der Waals surface area contributed by atoms with Gasteiger partial charge in [0.25, 0.3) is 0 Å². The highest BCUT2D eigenvalue weighted by atomic mass is 35.5. The summed E-state index contributed by atoms with van der Waals surface area (Å²) in [7, 11) is 0. The molecule has 0 aliphatic carbocycles. The molecule has 0 fully saturated rings. The lowest BCUT2D eigenvalue weighted by Gasteiger charge is -2.22. The van der Waals surface area contributed by atoms with Gasteiger partial charge in [-0.15, -0.1) is 0 Å². The maximum absolute atomic E-state index is 12.1. The molecule has 0 aromatic heterocycles. The normalized spacial score (nSPS) is 14.6. The number of aliphatic carboxylic acids is 1. The molecule has 2 aliphatic heterocycles. The highest BCUT2D eigenvalue weighted by Crippen LogP contribution is 2.36. The van der Waals surface area contributed by atoms with Crippen LogP contribution < -0.4 is 22.5 Å². The molecule has 33 heavy (non-hydrogen) atoms. The fourth-order valence-electron chi connectivity index (χ4n) is 4.30. The second-order valence-corrected chi connectivity index (χ2v) is 8.07. The van der Waals surface area contributed by atoms with Crippen molar-refractivity contribution in [2.24, 2.45) is 0 Å². The predicted octanol–water partition coefficient (Wildman–Crippen LogP) is -0.398. The lowest BCUT2D eigenvalue weighted by molar-refractivity contribution is -0.653. The van der Waals surface area contributed by atoms with Gasteiger partial charge in [-0.05, 0) is 40.5 Å². The van der Waals surface area contributed by atoms with Crippen molar-refractivity contribution in [2.45, 2.75) is 25.2 Å². The van der Waals surface area contributed by atoms with Gasteiger partial charge in [-0.2, -0.15) is 0 Å². The molecule has 1 unspecified atom stereocenters. The van der Waals surface area contributed by atoms with Crippen LogP contribution in [0.1, 0.15) is 33.7 Å². The number of phenolic OH excluding ortho intramolecular Hbond substituents is 2. The molecule has 6 nitrogen and oxygen atoms in total. The van der Waals surface area contributed by atoms with E-state index in [0.717, 1.165) is 30.6 Å². The van der Waals surface area contributed by atoms with Crippen LogP contribution in [0.3, 0.4) is 0 Å². The first kappa shape index (κ1) is 24.4. The third kappa shape index (κ3) is 5.59. The summed E-state index contributed by atoms with van der Waals surface area (Å²) in [4.78, 5) is 12.1. The zero-order valence-corrected chi connectivity index (χ0v) is 19.0. The molecule has 0 saturated carbocycles. The summed E-state index contributed by atoms with van der Waals surface area (Å²) in [6.45, 7) is 1.97. The summed E-state index contributed by atoms with van der Waals surface area (Å²) < 4.78 is 5.76. The molecule has 0 saturated heterocycles. The summed E-state index contributed by atoms with van der Waals surface area (Å²) in [6, 6.07) is 18.1. The minimum Gasteiger partial charge on any atom is -1.00 e. The Morgan fingerprint density at radius 3 is 2.33 bits per heavy atom. The number of para-hydroxylation sites is 1. The van der Waals surface area contributed by atoms with Gasteiger partial charge >= 0.3 is 5.97 Å². The Morgan fingerprint density at radius 2 is 1.64 bits per heavy atom. The Labute approximate surface area is 199 Å². The summed E-state index contributed by atoms with van der Waals surface area (Å²) in [6.07, 6.45) is 1.86. The predicted molar refractivity (Wildman–Crippen MR) is 120 cm³/mol. The molecule has 7 heteroatoms. The molecule has 5 rings (SSSR count). The van der Waals surface area contributed by atoms with E-state index in [0.29, 0.717) is 47.6 Å². The molecule has 3 aromatic rings. The highest BCUT2D eigenvalue weighted by molar-refractivity contribution is 5.81. The lowest BCUT2D eigenvalue weighted by atomic mass is 9.85. The number of benzene rings is 3. The molecule has 1 atom stereocenters. The SMILES string of the molecule is O=C(O)C1c2ccc(cc2)OCCc2c1ccc(CC[NH2+]CCc1ccccc1O)c2O.[Cl-]. The lowest BCUT2D eigenvalue weighted by Crippen LogP contribution is -3.00. The first-order chi connectivity index (χ1) is 15.5. The van der Waals surface area contributed by atoms with Gasteiger partial charge in [0.1, 0.15) is 23.2 Å². The molecule has 2 aliphatic rings. The zero-order chi connectivity index (χ0) is 22.5. The van der Waals surface area contributed by atoms with E-state index in [1.165, 1.54) is 0 Å². The highest BCUT2D eigenvalue weighted by Gasteiger charge is 2.28. The number of ether oxygens (including phenoxy) is 1. The van der Waals surface area contributed by atoms with Gasteiger partial charge in [-0.25, -0.2) is 0 Å². The Bertz CT molecular complexity index is 1100. The molecule has 3 aromatic carbocycles. The van der Waals surface area contributed by atoms with Crippen LogP contribution in [0.2, 0.25) is 0 Å². The summed E-state index contributed by atoms with van der Waals surface area (Å²) in [5.41, 5.74) is 3.65. The quantitative estimate of drug-likeness (QED) is 0.353. The number of carbonyl (C=O) groups is 1. The number of phenols is 2. The van der Waals surface area contributed by atoms with Crippen LogP contribution in [0.5, 0.6) is 17.2 Å². The van der Waals surface area contributed by atoms with Crippen molar-refractivity contribution in [1.29, 1.82) is 0 Å². The van der Waals surface area contributed by atoms with E-state index in [2.05, 4.69) is 5.32 Å². The second kappa shape index (κ2) is 11.1. The number of nitrogens with two attached hydrogens (primary N) is 1. The van der Waals surface area contributed by atoms with E-state index < -0.39 is 11.9 Å². The first-order valence-corrected chi connectivity index (χ1v) is 10.9. The van der Waals surface area contributed by atoms with Crippen molar-refractivity contribution in [1.82, 2.24) is 0 Å². The third-order valence-electron chi connectivity index (χ3n) is 6.02. The Kier molecular flexibility index (Phi) is 8.20. The summed E-state index contributed by atoms with van der Waals surface area (Å²) in [5, 5.41) is 33.0. The average Bonchev–Trinajstić information content (AvgIpc) is 2.79. The third-order valence-corrected chi connectivity index (χ3v) is 6.02. The van der Waals surface area contributed by atoms with E-state index >= 15 is 0 Å². The second-order valence-electron chi connectivity index (χ2n) is 8.07. The Balaban J connectivity index is 0.00000306. The van der Waals surface area contributed by atoms with Crippen LogP contribution in [0, 0.1) is 0 Å². The van der Waals surface area contributed by atoms with Crippen molar-refractivity contribution < 1.29 is 42.6 Å². The van der Waals surface area contributed by atoms with Gasteiger partial charge in [0.05, 0.1) is 19.7 Å². The fourth-order valence-corrected chi connectivity index (χ4v) is 4.30. The van der Waals surface area contributed by atoms with Crippen LogP contribution >= 0.6 is 0 Å². The minimum absolute atomic E-state index is 0. The molecule has 2 heterocycles. The van der Waals surface area contributed by atoms with Crippen LogP contribution in [0.25, 0.3) is 0 Å². The zero-order valence-electron chi connectivity index (χ0n) is 18.2. The van der Waals surface area contributed by atoms with Crippen molar-refractivity contribution in [3.05, 3.63) is 88.5 Å². The molecule has 0 spiro atoms. The molecule has 174 valence electrons. The summed E-state index contributed by atoms with van der Waals surface area (Å²) >= 11 is 0. The topological polar surface area (TPSA) is 104 Å². The number of aromatic hydroxyl groups is 2. The molecular weight excluding hydrogens is 442 g/mol. The number of quaternary nitrogens is 1. The number of hydrogen-bond acceptors (Lipinski definition) is 4. The van der Waals surface area contributed by atoms with Gasteiger partial charge in [-0.3, -0.25) is 4.79 Å². The molecule has 0 amide bonds. The monoisotopic (exact) mass is 469 g/mol. The number of carboxylic acid groups (broad SMARTS) is 1. The first-order valence-electron chi connectivity index (χ1n) is 10.9. The molecule has 5 N–H and O–H groups in total. The van der Waals surface area contributed by atoms with Crippen LogP contribution in [-0.4, -0.2) is 41.0 Å². The van der Waals surface area contributed by atoms with Gasteiger partial charge in [0, 0.05) is 24.8 Å². The number of hydrogen-bond donors (Lipinski definition) is 4. The van der Waals surface area contributed by atoms with Crippen LogP contribution in [0.4, 0.5) is 0 Å². The van der Waals surface area contributed by atoms with Gasteiger partial charge < -0.3 is 37.8 Å². The standard InChI is InChI=1S/C26H27NO5.ClH/c28-23-4-2-1-3-17(23)11-14-27-15-12-19-7-10-21-22(25(19)29)13-16-32-20-8-5-18(6-9-20)24(21)26(30)31;/h1-10,24,27-29H,11-16H2,(H,30,31);1H. The largest absolute Gasteiger partial charge is 1.00 e. The maximum atomic E-state index is 12.1. The van der Waals surface area contributed by atoms with E-state index in [1.54, 1.807) is 30.3 Å². The van der Waals surface area contributed by atoms with Crippen molar-refractivity contribution in [3.8, 4) is 17.2 Å². The van der Waals surface area contributed by atoms with E-state index in [4.69, 9.17) is 4.74 Å². The Morgan fingerprint density at radius 1 is 0.939 bits per heavy atom. The summed E-state index contributed by atoms with van der Waals surface area (Å²) in [5.74, 6) is -0.596. The number of fused-ring (bicyclic) bond motifs is 4. The minimum atomic E-state index is -0.940. The van der Waals surface area contributed by atoms with E-state index in [1.807, 2.05) is 30.3 Å². The van der Waals surface area contributed by atoms with Crippen molar-refractivity contribution in [2.75, 3.05) is 19.7 Å². The van der Waals surface area contributed by atoms with E-state index in [-0.39, 0.29) is 18.2 Å². The van der Waals surface area contributed by atoms with Gasteiger partial charge in [0.2, 0.25) is 0 Å². The maximum Gasteiger partial charge on any atom is 0.315 e. The Hall–Kier alpha value is -3.22. The van der Waals surface area contributed by atoms with Crippen LogP contribution in [0.15, 0.2) is 60.7 Å². The van der Waals surface area contributed by atoms with Gasteiger partial charge in [0.15, 0.2) is 0 Å². The molecule has 2 bridgehead atoms. The molecular formula is C26H28ClNO5. The molecule has 0 radical (unpaired) electrons. The number of carboxylic acids is 1. The van der Waals surface area contributed by atoms with Crippen LogP contribution in [-0.2, 0) is 24.1 Å². The number of rotatable bonds is 7. The van der Waals surface area contributed by atoms with E-state index in [9.17, 15) is 20.1 Å². The van der Waals surface area contributed by atoms with Gasteiger partial charge in [-0.1, -0.05) is 42.5 Å². The smallest absolute Gasteiger partial charge is 0.315 e. The fraction of sp³-hybridized carbons (Fsp3) is 0.269. The van der Waals surface area contributed by atoms with Crippen molar-refractivity contribution >= 4 is 5.97 Å².